The van der Waals surface area contributed by atoms with E-state index in [4.69, 9.17) is 5.73 Å². The fourth-order valence-corrected chi connectivity index (χ4v) is 1.42. The lowest BCUT2D eigenvalue weighted by Gasteiger charge is -2.12. The zero-order valence-electron chi connectivity index (χ0n) is 8.84. The highest BCUT2D eigenvalue weighted by atomic mass is 19.4. The van der Waals surface area contributed by atoms with Gasteiger partial charge in [-0.15, -0.1) is 0 Å². The summed E-state index contributed by atoms with van der Waals surface area (Å²) in [4.78, 5) is 11.4. The normalized spacial score (nSPS) is 15.7. The quantitative estimate of drug-likeness (QED) is 0.786. The summed E-state index contributed by atoms with van der Waals surface area (Å²) < 4.78 is 37.4. The van der Waals surface area contributed by atoms with Crippen molar-refractivity contribution in [3.63, 3.8) is 0 Å². The van der Waals surface area contributed by atoms with Gasteiger partial charge in [-0.25, -0.2) is 0 Å². The molecule has 1 aliphatic rings. The van der Waals surface area contributed by atoms with Crippen molar-refractivity contribution < 1.29 is 18.0 Å². The summed E-state index contributed by atoms with van der Waals surface area (Å²) in [5, 5.41) is 2.42. The molecule has 2 rings (SSSR count). The van der Waals surface area contributed by atoms with Crippen LogP contribution in [0.1, 0.15) is 18.4 Å². The van der Waals surface area contributed by atoms with E-state index in [-0.39, 0.29) is 23.2 Å². The number of nitrogen functional groups attached to an aromatic ring is 1. The van der Waals surface area contributed by atoms with Crippen LogP contribution >= 0.6 is 0 Å². The van der Waals surface area contributed by atoms with Gasteiger partial charge in [0.25, 0.3) is 0 Å². The number of carbonyl (C=O) groups is 1. The topological polar surface area (TPSA) is 55.1 Å². The summed E-state index contributed by atoms with van der Waals surface area (Å²) in [5.74, 6) is -0.347. The molecule has 0 spiro atoms. The number of rotatable bonds is 2. The van der Waals surface area contributed by atoms with Gasteiger partial charge >= 0.3 is 6.18 Å². The molecule has 1 aromatic rings. The van der Waals surface area contributed by atoms with Gasteiger partial charge in [-0.05, 0) is 31.0 Å². The van der Waals surface area contributed by atoms with Crippen molar-refractivity contribution in [2.45, 2.75) is 19.0 Å². The summed E-state index contributed by atoms with van der Waals surface area (Å²) in [7, 11) is 0. The number of carbonyl (C=O) groups excluding carboxylic acids is 1. The largest absolute Gasteiger partial charge is 0.416 e. The van der Waals surface area contributed by atoms with Crippen molar-refractivity contribution in [2.24, 2.45) is 5.92 Å². The Labute approximate surface area is 95.8 Å². The maximum absolute atomic E-state index is 12.5. The van der Waals surface area contributed by atoms with Gasteiger partial charge in [-0.2, -0.15) is 13.2 Å². The second kappa shape index (κ2) is 3.94. The fraction of sp³-hybridized carbons (Fsp3) is 0.364. The number of hydrogen-bond acceptors (Lipinski definition) is 2. The molecule has 3 N–H and O–H groups in total. The molecule has 17 heavy (non-hydrogen) atoms. The van der Waals surface area contributed by atoms with E-state index in [0.717, 1.165) is 31.0 Å². The SMILES string of the molecule is Nc1ccc(C(F)(F)F)cc1NC(=O)C1CC1. The van der Waals surface area contributed by atoms with Crippen LogP contribution in [0.15, 0.2) is 18.2 Å². The molecule has 1 aliphatic carbocycles. The van der Waals surface area contributed by atoms with Crippen LogP contribution in [0.3, 0.4) is 0 Å². The van der Waals surface area contributed by atoms with Crippen molar-refractivity contribution in [3.05, 3.63) is 23.8 Å². The molecule has 0 saturated heterocycles. The van der Waals surface area contributed by atoms with Gasteiger partial charge in [-0.1, -0.05) is 0 Å². The van der Waals surface area contributed by atoms with Gasteiger partial charge in [-0.3, -0.25) is 4.79 Å². The second-order valence-corrected chi connectivity index (χ2v) is 4.06. The van der Waals surface area contributed by atoms with Crippen molar-refractivity contribution in [1.82, 2.24) is 0 Å². The molecule has 1 aromatic carbocycles. The third-order valence-corrected chi connectivity index (χ3v) is 2.59. The predicted octanol–water partition coefficient (Wildman–Crippen LogP) is 2.64. The third kappa shape index (κ3) is 2.69. The Balaban J connectivity index is 2.22. The lowest BCUT2D eigenvalue weighted by atomic mass is 10.1. The van der Waals surface area contributed by atoms with Crippen LogP contribution in [-0.2, 0) is 11.0 Å². The van der Waals surface area contributed by atoms with Crippen LogP contribution in [0.25, 0.3) is 0 Å². The Morgan fingerprint density at radius 2 is 2.00 bits per heavy atom. The smallest absolute Gasteiger partial charge is 0.397 e. The van der Waals surface area contributed by atoms with E-state index in [1.54, 1.807) is 0 Å². The number of nitrogens with one attached hydrogen (secondary N) is 1. The first-order chi connectivity index (χ1) is 7.88. The maximum Gasteiger partial charge on any atom is 0.416 e. The molecule has 0 radical (unpaired) electrons. The monoisotopic (exact) mass is 244 g/mol. The average molecular weight is 244 g/mol. The first-order valence-electron chi connectivity index (χ1n) is 5.15. The highest BCUT2D eigenvalue weighted by Gasteiger charge is 2.32. The number of amides is 1. The summed E-state index contributed by atoms with van der Waals surface area (Å²) in [5.41, 5.74) is 4.85. The minimum absolute atomic E-state index is 0.0247. The molecular weight excluding hydrogens is 233 g/mol. The summed E-state index contributed by atoms with van der Waals surface area (Å²) >= 11 is 0. The molecule has 0 heterocycles. The fourth-order valence-electron chi connectivity index (χ4n) is 1.42. The molecule has 6 heteroatoms. The van der Waals surface area contributed by atoms with Crippen LogP contribution < -0.4 is 11.1 Å². The van der Waals surface area contributed by atoms with Crippen molar-refractivity contribution in [2.75, 3.05) is 11.1 Å². The first kappa shape index (κ1) is 11.8. The van der Waals surface area contributed by atoms with E-state index in [1.165, 1.54) is 0 Å². The van der Waals surface area contributed by atoms with Gasteiger partial charge in [0.1, 0.15) is 0 Å². The number of halogens is 3. The summed E-state index contributed by atoms with van der Waals surface area (Å²) in [6.07, 6.45) is -2.87. The average Bonchev–Trinajstić information content (AvgIpc) is 3.02. The van der Waals surface area contributed by atoms with Gasteiger partial charge in [0.05, 0.1) is 16.9 Å². The molecule has 3 nitrogen and oxygen atoms in total. The molecule has 1 fully saturated rings. The standard InChI is InChI=1S/C11H11F3N2O/c12-11(13,14)7-3-4-8(15)9(5-7)16-10(17)6-1-2-6/h3-6H,1-2,15H2,(H,16,17). The molecule has 92 valence electrons. The van der Waals surface area contributed by atoms with E-state index in [1.807, 2.05) is 0 Å². The maximum atomic E-state index is 12.5. The van der Waals surface area contributed by atoms with Crippen LogP contribution in [-0.4, -0.2) is 5.91 Å². The van der Waals surface area contributed by atoms with E-state index >= 15 is 0 Å². The Kier molecular flexibility index (Phi) is 2.73. The predicted molar refractivity (Wildman–Crippen MR) is 57.2 cm³/mol. The highest BCUT2D eigenvalue weighted by molar-refractivity contribution is 5.96. The lowest BCUT2D eigenvalue weighted by Crippen LogP contribution is -2.15. The molecular formula is C11H11F3N2O. The molecule has 0 aliphatic heterocycles. The Hall–Kier alpha value is -1.72. The van der Waals surface area contributed by atoms with Crippen molar-refractivity contribution in [3.8, 4) is 0 Å². The number of benzene rings is 1. The first-order valence-corrected chi connectivity index (χ1v) is 5.15. The second-order valence-electron chi connectivity index (χ2n) is 4.06. The van der Waals surface area contributed by atoms with E-state index in [0.29, 0.717) is 0 Å². The van der Waals surface area contributed by atoms with Crippen LogP contribution in [0.4, 0.5) is 24.5 Å². The van der Waals surface area contributed by atoms with Gasteiger partial charge in [0.2, 0.25) is 5.91 Å². The minimum atomic E-state index is -4.44. The Morgan fingerprint density at radius 3 is 2.53 bits per heavy atom. The number of alkyl halides is 3. The van der Waals surface area contributed by atoms with E-state index in [2.05, 4.69) is 5.32 Å². The number of hydrogen-bond donors (Lipinski definition) is 2. The summed E-state index contributed by atoms with van der Waals surface area (Å²) in [6, 6.07) is 2.89. The molecule has 1 saturated carbocycles. The Morgan fingerprint density at radius 1 is 1.35 bits per heavy atom. The van der Waals surface area contributed by atoms with E-state index in [9.17, 15) is 18.0 Å². The molecule has 0 bridgehead atoms. The lowest BCUT2D eigenvalue weighted by molar-refractivity contribution is -0.137. The molecule has 0 atom stereocenters. The number of nitrogens with two attached hydrogens (primary N) is 1. The van der Waals surface area contributed by atoms with E-state index < -0.39 is 11.7 Å². The number of anilines is 2. The zero-order valence-corrected chi connectivity index (χ0v) is 8.84. The van der Waals surface area contributed by atoms with Crippen molar-refractivity contribution >= 4 is 17.3 Å². The van der Waals surface area contributed by atoms with Crippen LogP contribution in [0.5, 0.6) is 0 Å². The highest BCUT2D eigenvalue weighted by Crippen LogP contribution is 2.35. The van der Waals surface area contributed by atoms with Crippen molar-refractivity contribution in [1.29, 1.82) is 0 Å². The van der Waals surface area contributed by atoms with Crippen LogP contribution in [0.2, 0.25) is 0 Å². The Bertz CT molecular complexity index is 453. The third-order valence-electron chi connectivity index (χ3n) is 2.59. The summed E-state index contributed by atoms with van der Waals surface area (Å²) in [6.45, 7) is 0. The van der Waals surface area contributed by atoms with Gasteiger partial charge in [0.15, 0.2) is 0 Å². The van der Waals surface area contributed by atoms with Gasteiger partial charge < -0.3 is 11.1 Å². The molecule has 0 unspecified atom stereocenters. The minimum Gasteiger partial charge on any atom is -0.397 e. The van der Waals surface area contributed by atoms with Gasteiger partial charge in [0, 0.05) is 5.92 Å². The zero-order chi connectivity index (χ0) is 12.6. The molecule has 1 amide bonds. The molecule has 0 aromatic heterocycles. The van der Waals surface area contributed by atoms with Crippen LogP contribution in [0, 0.1) is 5.92 Å².